The van der Waals surface area contributed by atoms with E-state index in [1.807, 2.05) is 0 Å². The first-order valence-corrected chi connectivity index (χ1v) is 5.25. The molecule has 0 saturated carbocycles. The molecule has 1 saturated heterocycles. The van der Waals surface area contributed by atoms with Crippen molar-refractivity contribution in [1.82, 2.24) is 4.90 Å². The van der Waals surface area contributed by atoms with Crippen LogP contribution in [0.5, 0.6) is 0 Å². The van der Waals surface area contributed by atoms with E-state index in [0.29, 0.717) is 0 Å². The molecule has 0 aromatic heterocycles. The summed E-state index contributed by atoms with van der Waals surface area (Å²) in [5.74, 6) is 0. The van der Waals surface area contributed by atoms with Gasteiger partial charge in [0.1, 0.15) is 0 Å². The van der Waals surface area contributed by atoms with Gasteiger partial charge in [-0.1, -0.05) is 6.92 Å². The van der Waals surface area contributed by atoms with E-state index < -0.39 is 0 Å². The van der Waals surface area contributed by atoms with Gasteiger partial charge in [0.2, 0.25) is 0 Å². The Balaban J connectivity index is 2.41. The van der Waals surface area contributed by atoms with Crippen molar-refractivity contribution in [1.29, 1.82) is 0 Å². The SMILES string of the molecule is CCC(CCN)N1CCCC1C. The normalized spacial score (nSPS) is 27.8. The van der Waals surface area contributed by atoms with Crippen molar-refractivity contribution in [3.63, 3.8) is 0 Å². The molecular weight excluding hydrogens is 148 g/mol. The molecule has 1 heterocycles. The van der Waals surface area contributed by atoms with Gasteiger partial charge in [0.05, 0.1) is 0 Å². The summed E-state index contributed by atoms with van der Waals surface area (Å²) in [6, 6.07) is 1.54. The van der Waals surface area contributed by atoms with E-state index in [0.717, 1.165) is 18.6 Å². The van der Waals surface area contributed by atoms with E-state index in [9.17, 15) is 0 Å². The average Bonchev–Trinajstić information content (AvgIpc) is 2.47. The summed E-state index contributed by atoms with van der Waals surface area (Å²) in [5, 5.41) is 0. The van der Waals surface area contributed by atoms with Gasteiger partial charge in [0.15, 0.2) is 0 Å². The lowest BCUT2D eigenvalue weighted by Crippen LogP contribution is -2.38. The van der Waals surface area contributed by atoms with Crippen LogP contribution < -0.4 is 5.73 Å². The van der Waals surface area contributed by atoms with Crippen LogP contribution in [0.4, 0.5) is 0 Å². The van der Waals surface area contributed by atoms with E-state index >= 15 is 0 Å². The van der Waals surface area contributed by atoms with Gasteiger partial charge in [-0.2, -0.15) is 0 Å². The van der Waals surface area contributed by atoms with Crippen molar-refractivity contribution in [2.45, 2.75) is 51.6 Å². The molecule has 0 spiro atoms. The van der Waals surface area contributed by atoms with Crippen LogP contribution in [0.15, 0.2) is 0 Å². The van der Waals surface area contributed by atoms with Crippen molar-refractivity contribution in [2.24, 2.45) is 5.73 Å². The fourth-order valence-corrected chi connectivity index (χ4v) is 2.29. The summed E-state index contributed by atoms with van der Waals surface area (Å²) in [7, 11) is 0. The second kappa shape index (κ2) is 4.83. The van der Waals surface area contributed by atoms with Gasteiger partial charge in [-0.15, -0.1) is 0 Å². The Morgan fingerprint density at radius 1 is 1.58 bits per heavy atom. The van der Waals surface area contributed by atoms with Crippen LogP contribution in [0.25, 0.3) is 0 Å². The van der Waals surface area contributed by atoms with Gasteiger partial charge < -0.3 is 5.73 Å². The molecule has 0 aromatic rings. The number of hydrogen-bond donors (Lipinski definition) is 1. The summed E-state index contributed by atoms with van der Waals surface area (Å²) in [6.07, 6.45) is 5.17. The molecule has 2 heteroatoms. The quantitative estimate of drug-likeness (QED) is 0.694. The lowest BCUT2D eigenvalue weighted by molar-refractivity contribution is 0.177. The standard InChI is InChI=1S/C10H22N2/c1-3-10(6-7-11)12-8-4-5-9(12)2/h9-10H,3-8,11H2,1-2H3. The third kappa shape index (κ3) is 2.20. The minimum absolute atomic E-state index is 0.743. The molecule has 12 heavy (non-hydrogen) atoms. The monoisotopic (exact) mass is 170 g/mol. The maximum Gasteiger partial charge on any atom is 0.0107 e. The first kappa shape index (κ1) is 10.0. The van der Waals surface area contributed by atoms with Crippen LogP contribution in [-0.2, 0) is 0 Å². The zero-order chi connectivity index (χ0) is 8.97. The van der Waals surface area contributed by atoms with Crippen LogP contribution in [0.3, 0.4) is 0 Å². The van der Waals surface area contributed by atoms with E-state index in [1.165, 1.54) is 32.2 Å². The van der Waals surface area contributed by atoms with Gasteiger partial charge in [0.25, 0.3) is 0 Å². The molecule has 0 amide bonds. The van der Waals surface area contributed by atoms with E-state index in [-0.39, 0.29) is 0 Å². The van der Waals surface area contributed by atoms with Crippen LogP contribution in [-0.4, -0.2) is 30.1 Å². The van der Waals surface area contributed by atoms with E-state index in [4.69, 9.17) is 5.73 Å². The van der Waals surface area contributed by atoms with Crippen LogP contribution in [0, 0.1) is 0 Å². The minimum Gasteiger partial charge on any atom is -0.330 e. The molecule has 1 rings (SSSR count). The number of rotatable bonds is 4. The Kier molecular flexibility index (Phi) is 4.02. The molecule has 2 nitrogen and oxygen atoms in total. The van der Waals surface area contributed by atoms with Crippen LogP contribution in [0.2, 0.25) is 0 Å². The van der Waals surface area contributed by atoms with E-state index in [1.54, 1.807) is 0 Å². The van der Waals surface area contributed by atoms with Crippen LogP contribution in [0.1, 0.15) is 39.5 Å². The second-order valence-corrected chi connectivity index (χ2v) is 3.87. The highest BCUT2D eigenvalue weighted by Gasteiger charge is 2.25. The number of nitrogens with zero attached hydrogens (tertiary/aromatic N) is 1. The molecule has 0 radical (unpaired) electrons. The van der Waals surface area contributed by atoms with Crippen molar-refractivity contribution < 1.29 is 0 Å². The van der Waals surface area contributed by atoms with Gasteiger partial charge in [-0.3, -0.25) is 4.90 Å². The van der Waals surface area contributed by atoms with E-state index in [2.05, 4.69) is 18.7 Å². The maximum absolute atomic E-state index is 5.59. The van der Waals surface area contributed by atoms with Crippen molar-refractivity contribution in [2.75, 3.05) is 13.1 Å². The summed E-state index contributed by atoms with van der Waals surface area (Å²) >= 11 is 0. The zero-order valence-electron chi connectivity index (χ0n) is 8.42. The Bertz CT molecular complexity index is 125. The molecule has 2 N–H and O–H groups in total. The molecule has 0 aromatic carbocycles. The van der Waals surface area contributed by atoms with Crippen molar-refractivity contribution >= 4 is 0 Å². The molecule has 1 aliphatic heterocycles. The highest BCUT2D eigenvalue weighted by molar-refractivity contribution is 4.81. The molecule has 1 aliphatic rings. The summed E-state index contributed by atoms with van der Waals surface area (Å²) < 4.78 is 0. The highest BCUT2D eigenvalue weighted by atomic mass is 15.2. The lowest BCUT2D eigenvalue weighted by atomic mass is 10.1. The number of nitrogens with two attached hydrogens (primary N) is 1. The predicted molar refractivity (Wildman–Crippen MR) is 53.2 cm³/mol. The Morgan fingerprint density at radius 2 is 2.33 bits per heavy atom. The van der Waals surface area contributed by atoms with Crippen LogP contribution >= 0.6 is 0 Å². The minimum atomic E-state index is 0.743. The smallest absolute Gasteiger partial charge is 0.0107 e. The van der Waals surface area contributed by atoms with Crippen molar-refractivity contribution in [3.05, 3.63) is 0 Å². The fourth-order valence-electron chi connectivity index (χ4n) is 2.29. The average molecular weight is 170 g/mol. The summed E-state index contributed by atoms with van der Waals surface area (Å²) in [5.41, 5.74) is 5.59. The van der Waals surface area contributed by atoms with Gasteiger partial charge >= 0.3 is 0 Å². The Labute approximate surface area is 76.1 Å². The van der Waals surface area contributed by atoms with Gasteiger partial charge in [0, 0.05) is 12.1 Å². The highest BCUT2D eigenvalue weighted by Crippen LogP contribution is 2.22. The predicted octanol–water partition coefficient (Wildman–Crippen LogP) is 1.60. The Hall–Kier alpha value is -0.0800. The third-order valence-corrected chi connectivity index (χ3v) is 3.04. The first-order chi connectivity index (χ1) is 5.79. The molecule has 2 unspecified atom stereocenters. The number of likely N-dealkylation sites (tertiary alicyclic amines) is 1. The molecule has 0 aliphatic carbocycles. The topological polar surface area (TPSA) is 29.3 Å². The van der Waals surface area contributed by atoms with Gasteiger partial charge in [-0.25, -0.2) is 0 Å². The molecule has 72 valence electrons. The Morgan fingerprint density at radius 3 is 2.75 bits per heavy atom. The second-order valence-electron chi connectivity index (χ2n) is 3.87. The molecule has 0 bridgehead atoms. The largest absolute Gasteiger partial charge is 0.330 e. The zero-order valence-corrected chi connectivity index (χ0v) is 8.42. The third-order valence-electron chi connectivity index (χ3n) is 3.04. The number of hydrogen-bond acceptors (Lipinski definition) is 2. The lowest BCUT2D eigenvalue weighted by Gasteiger charge is -2.30. The van der Waals surface area contributed by atoms with Crippen molar-refractivity contribution in [3.8, 4) is 0 Å². The fraction of sp³-hybridized carbons (Fsp3) is 1.00. The molecule has 1 fully saturated rings. The summed E-state index contributed by atoms with van der Waals surface area (Å²) in [4.78, 5) is 2.63. The molecule has 2 atom stereocenters. The molecular formula is C10H22N2. The van der Waals surface area contributed by atoms with Gasteiger partial charge in [-0.05, 0) is 45.7 Å². The first-order valence-electron chi connectivity index (χ1n) is 5.25. The maximum atomic E-state index is 5.59. The summed E-state index contributed by atoms with van der Waals surface area (Å²) in [6.45, 7) is 6.74.